The molecule has 0 aliphatic carbocycles. The summed E-state index contributed by atoms with van der Waals surface area (Å²) >= 11 is 0. The average molecular weight is 390 g/mol. The lowest BCUT2D eigenvalue weighted by Gasteiger charge is -2.22. The number of rotatable bonds is 2. The molecule has 1 saturated heterocycles. The van der Waals surface area contributed by atoms with Crippen LogP contribution in [0.2, 0.25) is 0 Å². The first-order chi connectivity index (χ1) is 14.0. The van der Waals surface area contributed by atoms with Crippen LogP contribution in [0.4, 0.5) is 0 Å². The van der Waals surface area contributed by atoms with Gasteiger partial charge in [0.2, 0.25) is 11.8 Å². The van der Waals surface area contributed by atoms with E-state index >= 15 is 0 Å². The first-order valence-electron chi connectivity index (χ1n) is 9.91. The van der Waals surface area contributed by atoms with Crippen molar-refractivity contribution < 1.29 is 9.59 Å². The number of nitrogens with one attached hydrogen (secondary N) is 2. The Balaban J connectivity index is 1.69. The number of nitrogens with zero attached hydrogens (tertiary/aromatic N) is 2. The van der Waals surface area contributed by atoms with Crippen LogP contribution in [0, 0.1) is 0 Å². The van der Waals surface area contributed by atoms with Crippen LogP contribution in [0.5, 0.6) is 0 Å². The lowest BCUT2D eigenvalue weighted by molar-refractivity contribution is -0.135. The van der Waals surface area contributed by atoms with Gasteiger partial charge in [-0.2, -0.15) is 0 Å². The van der Waals surface area contributed by atoms with Crippen molar-refractivity contribution in [2.75, 3.05) is 6.54 Å². The highest BCUT2D eigenvalue weighted by atomic mass is 16.2. The number of carbonyl (C=O) groups is 2. The summed E-state index contributed by atoms with van der Waals surface area (Å²) < 4.78 is 3.14. The molecule has 2 aromatic carbocycles. The Hall–Kier alpha value is -3.19. The summed E-state index contributed by atoms with van der Waals surface area (Å²) in [6.45, 7) is 1.84. The lowest BCUT2D eigenvalue weighted by Crippen LogP contribution is -2.44. The molecule has 148 valence electrons. The summed E-state index contributed by atoms with van der Waals surface area (Å²) in [5, 5.41) is 5.74. The predicted octanol–water partition coefficient (Wildman–Crippen LogP) is 1.63. The maximum absolute atomic E-state index is 13.1. The van der Waals surface area contributed by atoms with E-state index in [2.05, 4.69) is 28.8 Å². The number of benzene rings is 2. The van der Waals surface area contributed by atoms with Crippen molar-refractivity contribution in [3.63, 3.8) is 0 Å². The van der Waals surface area contributed by atoms with Gasteiger partial charge in [-0.3, -0.25) is 24.0 Å². The molecule has 2 N–H and O–H groups in total. The minimum atomic E-state index is -0.672. The molecule has 7 nitrogen and oxygen atoms in total. The van der Waals surface area contributed by atoms with E-state index in [1.165, 1.54) is 15.7 Å². The van der Waals surface area contributed by atoms with Crippen molar-refractivity contribution in [3.05, 3.63) is 58.0 Å². The zero-order valence-electron chi connectivity index (χ0n) is 16.2. The molecule has 3 aromatic rings. The minimum absolute atomic E-state index is 0.234. The Morgan fingerprint density at radius 3 is 2.72 bits per heavy atom. The number of aromatic nitrogens is 2. The third-order valence-electron chi connectivity index (χ3n) is 6.03. The fraction of sp³-hybridized carbons (Fsp3) is 0.318. The van der Waals surface area contributed by atoms with Crippen LogP contribution in [0.1, 0.15) is 30.0 Å². The van der Waals surface area contributed by atoms with Crippen LogP contribution in [-0.4, -0.2) is 27.5 Å². The number of imide groups is 1. The van der Waals surface area contributed by atoms with Crippen molar-refractivity contribution in [2.45, 2.75) is 31.8 Å². The van der Waals surface area contributed by atoms with Crippen molar-refractivity contribution >= 4 is 22.8 Å². The SMILES string of the molecule is Cn1c(=O)n(C2CCC(=O)NC2=O)c2cccc(-c3ccc4c(c3)CCNC4)c21. The van der Waals surface area contributed by atoms with Crippen LogP contribution < -0.4 is 16.3 Å². The summed E-state index contributed by atoms with van der Waals surface area (Å²) in [7, 11) is 1.73. The van der Waals surface area contributed by atoms with Gasteiger partial charge in [0.05, 0.1) is 11.0 Å². The highest BCUT2D eigenvalue weighted by molar-refractivity contribution is 6.00. The molecule has 7 heteroatoms. The normalized spacial score (nSPS) is 19.3. The molecule has 0 spiro atoms. The maximum atomic E-state index is 13.1. The molecule has 0 saturated carbocycles. The first-order valence-corrected chi connectivity index (χ1v) is 9.91. The molecule has 0 bridgehead atoms. The third-order valence-corrected chi connectivity index (χ3v) is 6.03. The number of hydrogen-bond donors (Lipinski definition) is 2. The molecule has 2 amide bonds. The Kier molecular flexibility index (Phi) is 4.13. The number of imidazole rings is 1. The van der Waals surface area contributed by atoms with E-state index < -0.39 is 11.9 Å². The van der Waals surface area contributed by atoms with E-state index in [4.69, 9.17) is 0 Å². The molecular weight excluding hydrogens is 368 g/mol. The van der Waals surface area contributed by atoms with E-state index in [-0.39, 0.29) is 18.0 Å². The molecule has 0 radical (unpaired) electrons. The molecule has 3 heterocycles. The topological polar surface area (TPSA) is 85.1 Å². The van der Waals surface area contributed by atoms with Crippen molar-refractivity contribution in [2.24, 2.45) is 7.05 Å². The molecule has 2 aliphatic rings. The van der Waals surface area contributed by atoms with E-state index in [0.29, 0.717) is 11.9 Å². The Labute approximate surface area is 167 Å². The summed E-state index contributed by atoms with van der Waals surface area (Å²) in [4.78, 5) is 37.0. The van der Waals surface area contributed by atoms with E-state index in [1.54, 1.807) is 11.6 Å². The predicted molar refractivity (Wildman–Crippen MR) is 109 cm³/mol. The summed E-state index contributed by atoms with van der Waals surface area (Å²) in [6.07, 6.45) is 1.55. The van der Waals surface area contributed by atoms with Gasteiger partial charge >= 0.3 is 5.69 Å². The number of para-hydroxylation sites is 1. The van der Waals surface area contributed by atoms with Crippen LogP contribution in [-0.2, 0) is 29.6 Å². The highest BCUT2D eigenvalue weighted by Gasteiger charge is 2.31. The van der Waals surface area contributed by atoms with Crippen LogP contribution in [0.25, 0.3) is 22.2 Å². The van der Waals surface area contributed by atoms with Gasteiger partial charge in [0.1, 0.15) is 6.04 Å². The van der Waals surface area contributed by atoms with E-state index in [0.717, 1.165) is 36.2 Å². The number of hydrogen-bond acceptors (Lipinski definition) is 4. The fourth-order valence-electron chi connectivity index (χ4n) is 4.55. The minimum Gasteiger partial charge on any atom is -0.312 e. The molecule has 2 aliphatic heterocycles. The number of aryl methyl sites for hydroxylation is 1. The Bertz CT molecular complexity index is 1220. The van der Waals surface area contributed by atoms with E-state index in [9.17, 15) is 14.4 Å². The second-order valence-electron chi connectivity index (χ2n) is 7.76. The first kappa shape index (κ1) is 17.9. The molecule has 1 unspecified atom stereocenters. The zero-order chi connectivity index (χ0) is 20.1. The summed E-state index contributed by atoms with van der Waals surface area (Å²) in [5.74, 6) is -0.702. The number of fused-ring (bicyclic) bond motifs is 2. The molecule has 5 rings (SSSR count). The van der Waals surface area contributed by atoms with Crippen molar-refractivity contribution in [3.8, 4) is 11.1 Å². The standard InChI is InChI=1S/C22H22N4O3/c1-25-20-16(14-5-6-15-12-23-10-9-13(15)11-14)3-2-4-17(20)26(22(25)29)18-7-8-19(27)24-21(18)28/h2-6,11,18,23H,7-10,12H2,1H3,(H,24,27,28). The number of carbonyl (C=O) groups excluding carboxylic acids is 2. The largest absolute Gasteiger partial charge is 0.329 e. The second kappa shape index (κ2) is 6.70. The van der Waals surface area contributed by atoms with Gasteiger partial charge in [0.25, 0.3) is 0 Å². The second-order valence-corrected chi connectivity index (χ2v) is 7.76. The van der Waals surface area contributed by atoms with Crippen LogP contribution >= 0.6 is 0 Å². The molecule has 1 aromatic heterocycles. The maximum Gasteiger partial charge on any atom is 0.329 e. The molecular formula is C22H22N4O3. The summed E-state index contributed by atoms with van der Waals surface area (Å²) in [6, 6.07) is 11.6. The third kappa shape index (κ3) is 2.81. The van der Waals surface area contributed by atoms with Gasteiger partial charge in [-0.1, -0.05) is 30.3 Å². The Morgan fingerprint density at radius 2 is 1.90 bits per heavy atom. The van der Waals surface area contributed by atoms with Gasteiger partial charge in [-0.25, -0.2) is 4.79 Å². The van der Waals surface area contributed by atoms with Crippen LogP contribution in [0.15, 0.2) is 41.2 Å². The van der Waals surface area contributed by atoms with Gasteiger partial charge in [0.15, 0.2) is 0 Å². The fourth-order valence-corrected chi connectivity index (χ4v) is 4.55. The summed E-state index contributed by atoms with van der Waals surface area (Å²) in [5.41, 5.74) is 5.93. The van der Waals surface area contributed by atoms with E-state index in [1.807, 2.05) is 18.2 Å². The van der Waals surface area contributed by atoms with Crippen LogP contribution in [0.3, 0.4) is 0 Å². The Morgan fingerprint density at radius 1 is 1.03 bits per heavy atom. The molecule has 1 fully saturated rings. The molecule has 1 atom stereocenters. The van der Waals surface area contributed by atoms with Crippen molar-refractivity contribution in [1.82, 2.24) is 19.8 Å². The van der Waals surface area contributed by atoms with Gasteiger partial charge in [-0.15, -0.1) is 0 Å². The quantitative estimate of drug-likeness (QED) is 0.652. The van der Waals surface area contributed by atoms with Gasteiger partial charge in [-0.05, 0) is 42.1 Å². The monoisotopic (exact) mass is 390 g/mol. The van der Waals surface area contributed by atoms with Gasteiger partial charge in [0, 0.05) is 25.6 Å². The molecule has 29 heavy (non-hydrogen) atoms. The van der Waals surface area contributed by atoms with Gasteiger partial charge < -0.3 is 5.32 Å². The highest BCUT2D eigenvalue weighted by Crippen LogP contribution is 2.32. The van der Waals surface area contributed by atoms with Crippen molar-refractivity contribution in [1.29, 1.82) is 0 Å². The lowest BCUT2D eigenvalue weighted by atomic mass is 9.95. The number of piperidine rings is 1. The zero-order valence-corrected chi connectivity index (χ0v) is 16.2. The smallest absolute Gasteiger partial charge is 0.312 e. The average Bonchev–Trinajstić information content (AvgIpc) is 2.98. The number of amides is 2.